The number of hydrogen-bond acceptors (Lipinski definition) is 3. The van der Waals surface area contributed by atoms with Gasteiger partial charge in [-0.25, -0.2) is 0 Å². The minimum absolute atomic E-state index is 0.0411. The number of carbonyl (C=O) groups excluding carboxylic acids is 1. The van der Waals surface area contributed by atoms with Crippen LogP contribution < -0.4 is 10.1 Å². The standard InChI is InChI=1S/C14H16Cl2N2O2/c1-2-5-20-14-11(15)6-10(7-12(14)16)8-18-4-3-17-13(19)9-18/h2,6-7H,1,3-5,8-9H2,(H,17,19). The van der Waals surface area contributed by atoms with Crippen LogP contribution in [0, 0.1) is 0 Å². The van der Waals surface area contributed by atoms with E-state index in [0.717, 1.165) is 12.1 Å². The van der Waals surface area contributed by atoms with E-state index in [9.17, 15) is 4.79 Å². The molecule has 1 fully saturated rings. The van der Waals surface area contributed by atoms with E-state index < -0.39 is 0 Å². The summed E-state index contributed by atoms with van der Waals surface area (Å²) in [5, 5.41) is 3.73. The summed E-state index contributed by atoms with van der Waals surface area (Å²) in [7, 11) is 0. The van der Waals surface area contributed by atoms with Crippen LogP contribution in [-0.2, 0) is 11.3 Å². The first-order chi connectivity index (χ1) is 9.60. The van der Waals surface area contributed by atoms with Crippen LogP contribution in [0.3, 0.4) is 0 Å². The average Bonchev–Trinajstić information content (AvgIpc) is 2.38. The van der Waals surface area contributed by atoms with E-state index in [-0.39, 0.29) is 5.91 Å². The van der Waals surface area contributed by atoms with Gasteiger partial charge in [0.2, 0.25) is 5.91 Å². The van der Waals surface area contributed by atoms with Gasteiger partial charge in [0.15, 0.2) is 5.75 Å². The summed E-state index contributed by atoms with van der Waals surface area (Å²) in [6.45, 7) is 6.44. The van der Waals surface area contributed by atoms with Crippen LogP contribution in [0.5, 0.6) is 5.75 Å². The zero-order chi connectivity index (χ0) is 14.5. The Kier molecular flexibility index (Phi) is 5.29. The SMILES string of the molecule is C=CCOc1c(Cl)cc(CN2CCNC(=O)C2)cc1Cl. The molecule has 4 nitrogen and oxygen atoms in total. The van der Waals surface area contributed by atoms with Gasteiger partial charge in [0.25, 0.3) is 0 Å². The number of hydrogen-bond donors (Lipinski definition) is 1. The van der Waals surface area contributed by atoms with E-state index in [1.54, 1.807) is 6.08 Å². The molecular formula is C14H16Cl2N2O2. The number of ether oxygens (including phenoxy) is 1. The van der Waals surface area contributed by atoms with Crippen molar-refractivity contribution in [2.45, 2.75) is 6.54 Å². The quantitative estimate of drug-likeness (QED) is 0.849. The molecule has 1 saturated heterocycles. The Hall–Kier alpha value is -1.23. The van der Waals surface area contributed by atoms with Gasteiger partial charge in [0.1, 0.15) is 6.61 Å². The predicted molar refractivity (Wildman–Crippen MR) is 80.4 cm³/mol. The third-order valence-electron chi connectivity index (χ3n) is 2.93. The summed E-state index contributed by atoms with van der Waals surface area (Å²) in [6.07, 6.45) is 1.63. The molecule has 0 aliphatic carbocycles. The van der Waals surface area contributed by atoms with Gasteiger partial charge >= 0.3 is 0 Å². The zero-order valence-corrected chi connectivity index (χ0v) is 12.5. The maximum absolute atomic E-state index is 11.3. The molecule has 0 atom stereocenters. The van der Waals surface area contributed by atoms with Gasteiger partial charge in [0.05, 0.1) is 16.6 Å². The molecule has 0 spiro atoms. The molecule has 0 aromatic heterocycles. The lowest BCUT2D eigenvalue weighted by atomic mass is 10.2. The van der Waals surface area contributed by atoms with Gasteiger partial charge in [-0.05, 0) is 17.7 Å². The fourth-order valence-electron chi connectivity index (χ4n) is 2.07. The summed E-state index contributed by atoms with van der Waals surface area (Å²) in [6, 6.07) is 3.64. The second-order valence-electron chi connectivity index (χ2n) is 4.55. The number of nitrogens with one attached hydrogen (secondary N) is 1. The molecule has 1 aliphatic heterocycles. The highest BCUT2D eigenvalue weighted by molar-refractivity contribution is 6.37. The van der Waals surface area contributed by atoms with Crippen molar-refractivity contribution < 1.29 is 9.53 Å². The van der Waals surface area contributed by atoms with Gasteiger partial charge in [0, 0.05) is 19.6 Å². The third kappa shape index (κ3) is 3.88. The maximum Gasteiger partial charge on any atom is 0.234 e. The number of nitrogens with zero attached hydrogens (tertiary/aromatic N) is 1. The Morgan fingerprint density at radius 3 is 2.70 bits per heavy atom. The van der Waals surface area contributed by atoms with Gasteiger partial charge in [-0.1, -0.05) is 35.9 Å². The van der Waals surface area contributed by atoms with Gasteiger partial charge in [-0.2, -0.15) is 0 Å². The minimum atomic E-state index is 0.0411. The van der Waals surface area contributed by atoms with Crippen LogP contribution in [0.15, 0.2) is 24.8 Å². The molecule has 0 saturated carbocycles. The van der Waals surface area contributed by atoms with Crippen molar-refractivity contribution in [3.63, 3.8) is 0 Å². The zero-order valence-electron chi connectivity index (χ0n) is 11.0. The number of halogens is 2. The molecular weight excluding hydrogens is 299 g/mol. The molecule has 0 radical (unpaired) electrons. The molecule has 6 heteroatoms. The van der Waals surface area contributed by atoms with Crippen molar-refractivity contribution in [1.82, 2.24) is 10.2 Å². The second kappa shape index (κ2) is 6.97. The van der Waals surface area contributed by atoms with Crippen LogP contribution in [0.2, 0.25) is 10.0 Å². The van der Waals surface area contributed by atoms with Crippen molar-refractivity contribution in [2.24, 2.45) is 0 Å². The van der Waals surface area contributed by atoms with E-state index in [4.69, 9.17) is 27.9 Å². The van der Waals surface area contributed by atoms with Crippen LogP contribution in [0.25, 0.3) is 0 Å². The van der Waals surface area contributed by atoms with Crippen molar-refractivity contribution in [2.75, 3.05) is 26.2 Å². The highest BCUT2D eigenvalue weighted by Gasteiger charge is 2.17. The number of amides is 1. The minimum Gasteiger partial charge on any atom is -0.486 e. The highest BCUT2D eigenvalue weighted by atomic mass is 35.5. The first kappa shape index (κ1) is 15.2. The van der Waals surface area contributed by atoms with Gasteiger partial charge in [-0.3, -0.25) is 9.69 Å². The molecule has 2 rings (SSSR count). The van der Waals surface area contributed by atoms with E-state index in [0.29, 0.717) is 42.0 Å². The van der Waals surface area contributed by atoms with Crippen LogP contribution in [-0.4, -0.2) is 37.0 Å². The lowest BCUT2D eigenvalue weighted by Gasteiger charge is -2.26. The molecule has 20 heavy (non-hydrogen) atoms. The Balaban J connectivity index is 2.09. The third-order valence-corrected chi connectivity index (χ3v) is 3.49. The molecule has 1 aromatic rings. The Morgan fingerprint density at radius 1 is 1.40 bits per heavy atom. The summed E-state index contributed by atoms with van der Waals surface area (Å²) < 4.78 is 5.42. The Labute approximate surface area is 128 Å². The summed E-state index contributed by atoms with van der Waals surface area (Å²) in [4.78, 5) is 13.4. The number of rotatable bonds is 5. The molecule has 0 unspecified atom stereocenters. The smallest absolute Gasteiger partial charge is 0.234 e. The van der Waals surface area contributed by atoms with Crippen molar-refractivity contribution in [3.8, 4) is 5.75 Å². The fourth-order valence-corrected chi connectivity index (χ4v) is 2.71. The molecule has 0 bridgehead atoms. The van der Waals surface area contributed by atoms with Crippen molar-refractivity contribution >= 4 is 29.1 Å². The van der Waals surface area contributed by atoms with E-state index in [1.165, 1.54) is 0 Å². The lowest BCUT2D eigenvalue weighted by Crippen LogP contribution is -2.47. The molecule has 1 aliphatic rings. The summed E-state index contributed by atoms with van der Waals surface area (Å²) in [5.41, 5.74) is 0.959. The summed E-state index contributed by atoms with van der Waals surface area (Å²) in [5.74, 6) is 0.507. The first-order valence-electron chi connectivity index (χ1n) is 6.31. The monoisotopic (exact) mass is 314 g/mol. The predicted octanol–water partition coefficient (Wildman–Crippen LogP) is 2.49. The number of benzene rings is 1. The molecule has 1 N–H and O–H groups in total. The van der Waals surface area contributed by atoms with E-state index >= 15 is 0 Å². The van der Waals surface area contributed by atoms with E-state index in [1.807, 2.05) is 17.0 Å². The van der Waals surface area contributed by atoms with Crippen molar-refractivity contribution in [1.29, 1.82) is 0 Å². The van der Waals surface area contributed by atoms with E-state index in [2.05, 4.69) is 11.9 Å². The summed E-state index contributed by atoms with van der Waals surface area (Å²) >= 11 is 12.4. The topological polar surface area (TPSA) is 41.6 Å². The van der Waals surface area contributed by atoms with Gasteiger partial charge < -0.3 is 10.1 Å². The molecule has 1 amide bonds. The van der Waals surface area contributed by atoms with Crippen molar-refractivity contribution in [3.05, 3.63) is 40.4 Å². The number of piperazine rings is 1. The Morgan fingerprint density at radius 2 is 2.10 bits per heavy atom. The molecule has 1 aromatic carbocycles. The average molecular weight is 315 g/mol. The first-order valence-corrected chi connectivity index (χ1v) is 7.06. The van der Waals surface area contributed by atoms with Crippen LogP contribution in [0.4, 0.5) is 0 Å². The highest BCUT2D eigenvalue weighted by Crippen LogP contribution is 2.34. The van der Waals surface area contributed by atoms with Gasteiger partial charge in [-0.15, -0.1) is 0 Å². The Bertz CT molecular complexity index is 497. The second-order valence-corrected chi connectivity index (χ2v) is 5.36. The van der Waals surface area contributed by atoms with Crippen LogP contribution in [0.1, 0.15) is 5.56 Å². The lowest BCUT2D eigenvalue weighted by molar-refractivity contribution is -0.124. The number of carbonyl (C=O) groups is 1. The largest absolute Gasteiger partial charge is 0.486 e. The molecule has 1 heterocycles. The fraction of sp³-hybridized carbons (Fsp3) is 0.357. The van der Waals surface area contributed by atoms with Crippen LogP contribution >= 0.6 is 23.2 Å². The normalized spacial score (nSPS) is 15.8. The maximum atomic E-state index is 11.3. The molecule has 108 valence electrons.